The Kier molecular flexibility index (Phi) is 6.43. The number of fused-ring (bicyclic) bond motifs is 5. The van der Waals surface area contributed by atoms with Gasteiger partial charge in [0.1, 0.15) is 11.5 Å². The Morgan fingerprint density at radius 1 is 0.773 bits per heavy atom. The molecule has 0 amide bonds. The maximum Gasteiger partial charge on any atom is 0.203 e. The Morgan fingerprint density at radius 2 is 1.39 bits per heavy atom. The van der Waals surface area contributed by atoms with Gasteiger partial charge in [-0.25, -0.2) is 0 Å². The zero-order valence-corrected chi connectivity index (χ0v) is 24.9. The standard InChI is InChI=1S/C37H31NO6/c1-21-14-15-22-16-17-30-37(35(40)25-12-8-9-13-26(25)36(37)41)31(24-19-28(42-2)34(44-4)29(20-24)43-3)32(38(30)27(22)18-21)33(39)23-10-6-5-7-11-23/h5-20,30-32H,1-4H3/t30-,31-,32+/m0/s1. The first-order valence-corrected chi connectivity index (χ1v) is 14.5. The number of hydrogen-bond donors (Lipinski definition) is 0. The van der Waals surface area contributed by atoms with Crippen LogP contribution in [0.25, 0.3) is 6.08 Å². The van der Waals surface area contributed by atoms with Crippen molar-refractivity contribution in [3.63, 3.8) is 0 Å². The summed E-state index contributed by atoms with van der Waals surface area (Å²) in [4.78, 5) is 46.7. The molecule has 0 bridgehead atoms. The lowest BCUT2D eigenvalue weighted by Gasteiger charge is -2.37. The maximum absolute atomic E-state index is 14.9. The van der Waals surface area contributed by atoms with Crippen LogP contribution in [-0.2, 0) is 0 Å². The number of hydrogen-bond acceptors (Lipinski definition) is 7. The first-order chi connectivity index (χ1) is 21.4. The van der Waals surface area contributed by atoms with Crippen LogP contribution < -0.4 is 19.1 Å². The van der Waals surface area contributed by atoms with E-state index in [0.29, 0.717) is 39.5 Å². The second kappa shape index (κ2) is 10.2. The molecule has 220 valence electrons. The number of rotatable bonds is 6. The molecule has 44 heavy (non-hydrogen) atoms. The molecule has 2 heterocycles. The molecule has 0 N–H and O–H groups in total. The third-order valence-electron chi connectivity index (χ3n) is 9.34. The fourth-order valence-corrected chi connectivity index (χ4v) is 7.50. The SMILES string of the molecule is COc1cc([C@H]2[C@H](C(=O)c3ccccc3)N3c4cc(C)ccc4C=C[C@H]3C23C(=O)c2ccccc2C3=O)cc(OC)c1OC. The van der Waals surface area contributed by atoms with E-state index in [2.05, 4.69) is 0 Å². The van der Waals surface area contributed by atoms with Gasteiger partial charge in [0.2, 0.25) is 5.75 Å². The predicted molar refractivity (Wildman–Crippen MR) is 167 cm³/mol. The van der Waals surface area contributed by atoms with Gasteiger partial charge in [-0.15, -0.1) is 0 Å². The van der Waals surface area contributed by atoms with Crippen molar-refractivity contribution < 1.29 is 28.6 Å². The van der Waals surface area contributed by atoms with Crippen molar-refractivity contribution in [2.75, 3.05) is 26.2 Å². The summed E-state index contributed by atoms with van der Waals surface area (Å²) in [6, 6.07) is 23.9. The lowest BCUT2D eigenvalue weighted by molar-refractivity contribution is 0.0665. The zero-order valence-electron chi connectivity index (χ0n) is 24.9. The van der Waals surface area contributed by atoms with Crippen molar-refractivity contribution in [3.05, 3.63) is 124 Å². The molecular weight excluding hydrogens is 554 g/mol. The predicted octanol–water partition coefficient (Wildman–Crippen LogP) is 6.34. The second-order valence-corrected chi connectivity index (χ2v) is 11.5. The molecule has 4 aromatic rings. The minimum atomic E-state index is -1.64. The highest BCUT2D eigenvalue weighted by Crippen LogP contribution is 2.62. The van der Waals surface area contributed by atoms with Gasteiger partial charge in [0.25, 0.3) is 0 Å². The highest BCUT2D eigenvalue weighted by molar-refractivity contribution is 6.32. The zero-order chi connectivity index (χ0) is 30.7. The van der Waals surface area contributed by atoms with E-state index in [9.17, 15) is 14.4 Å². The van der Waals surface area contributed by atoms with Gasteiger partial charge < -0.3 is 19.1 Å². The Bertz CT molecular complexity index is 1820. The molecule has 0 unspecified atom stereocenters. The van der Waals surface area contributed by atoms with Gasteiger partial charge in [0.05, 0.1) is 27.4 Å². The van der Waals surface area contributed by atoms with Gasteiger partial charge in [-0.3, -0.25) is 14.4 Å². The van der Waals surface area contributed by atoms with E-state index in [4.69, 9.17) is 14.2 Å². The van der Waals surface area contributed by atoms with Crippen molar-refractivity contribution in [2.45, 2.75) is 24.9 Å². The van der Waals surface area contributed by atoms with E-state index in [0.717, 1.165) is 16.8 Å². The largest absolute Gasteiger partial charge is 0.493 e. The van der Waals surface area contributed by atoms with Crippen molar-refractivity contribution in [1.29, 1.82) is 0 Å². The number of methoxy groups -OCH3 is 3. The van der Waals surface area contributed by atoms with E-state index in [-0.39, 0.29) is 17.3 Å². The van der Waals surface area contributed by atoms with E-state index in [1.807, 2.05) is 60.4 Å². The van der Waals surface area contributed by atoms with Gasteiger partial charge in [0, 0.05) is 28.3 Å². The number of benzene rings is 4. The number of ether oxygens (including phenoxy) is 3. The highest BCUT2D eigenvalue weighted by Gasteiger charge is 2.71. The molecule has 0 saturated carbocycles. The molecule has 7 nitrogen and oxygen atoms in total. The van der Waals surface area contributed by atoms with Crippen LogP contribution in [0.3, 0.4) is 0 Å². The molecule has 1 spiro atoms. The number of Topliss-reactive ketones (excluding diaryl/α,β-unsaturated/α-hetero) is 3. The first-order valence-electron chi connectivity index (χ1n) is 14.5. The van der Waals surface area contributed by atoms with Crippen LogP contribution in [0.2, 0.25) is 0 Å². The molecule has 1 aliphatic carbocycles. The molecule has 3 atom stereocenters. The summed E-state index contributed by atoms with van der Waals surface area (Å²) < 4.78 is 17.1. The molecule has 1 fully saturated rings. The maximum atomic E-state index is 14.9. The van der Waals surface area contributed by atoms with Crippen LogP contribution in [0.5, 0.6) is 17.2 Å². The van der Waals surface area contributed by atoms with Gasteiger partial charge in [-0.2, -0.15) is 0 Å². The summed E-state index contributed by atoms with van der Waals surface area (Å²) in [6.45, 7) is 1.99. The Labute approximate surface area is 255 Å². The number of carbonyl (C=O) groups is 3. The lowest BCUT2D eigenvalue weighted by Crippen LogP contribution is -2.48. The Hall–Kier alpha value is -5.17. The number of nitrogens with zero attached hydrogens (tertiary/aromatic N) is 1. The molecule has 7 rings (SSSR count). The number of carbonyl (C=O) groups excluding carboxylic acids is 3. The smallest absolute Gasteiger partial charge is 0.203 e. The molecule has 1 saturated heterocycles. The monoisotopic (exact) mass is 585 g/mol. The number of ketones is 3. The van der Waals surface area contributed by atoms with Crippen molar-refractivity contribution in [3.8, 4) is 17.2 Å². The van der Waals surface area contributed by atoms with Crippen LogP contribution >= 0.6 is 0 Å². The molecular formula is C37H31NO6. The summed E-state index contributed by atoms with van der Waals surface area (Å²) in [5.41, 5.74) is 2.87. The summed E-state index contributed by atoms with van der Waals surface area (Å²) in [6.07, 6.45) is 3.88. The van der Waals surface area contributed by atoms with Crippen molar-refractivity contribution >= 4 is 29.1 Å². The summed E-state index contributed by atoms with van der Waals surface area (Å²) >= 11 is 0. The average Bonchev–Trinajstić information content (AvgIpc) is 3.50. The summed E-state index contributed by atoms with van der Waals surface area (Å²) in [5.74, 6) is -0.567. The van der Waals surface area contributed by atoms with Gasteiger partial charge in [-0.1, -0.05) is 78.9 Å². The van der Waals surface area contributed by atoms with Crippen LogP contribution in [0.1, 0.15) is 53.7 Å². The fraction of sp³-hybridized carbons (Fsp3) is 0.216. The van der Waals surface area contributed by atoms with Crippen molar-refractivity contribution in [1.82, 2.24) is 0 Å². The van der Waals surface area contributed by atoms with Crippen molar-refractivity contribution in [2.24, 2.45) is 5.41 Å². The van der Waals surface area contributed by atoms with E-state index in [1.165, 1.54) is 21.3 Å². The first kappa shape index (κ1) is 27.7. The second-order valence-electron chi connectivity index (χ2n) is 11.5. The quantitative estimate of drug-likeness (QED) is 0.193. The van der Waals surface area contributed by atoms with Gasteiger partial charge in [0.15, 0.2) is 28.8 Å². The van der Waals surface area contributed by atoms with E-state index in [1.54, 1.807) is 48.5 Å². The van der Waals surface area contributed by atoms with Crippen LogP contribution in [-0.4, -0.2) is 50.8 Å². The topological polar surface area (TPSA) is 82.1 Å². The number of anilines is 1. The molecule has 7 heteroatoms. The van der Waals surface area contributed by atoms with Gasteiger partial charge in [-0.05, 0) is 41.8 Å². The van der Waals surface area contributed by atoms with Gasteiger partial charge >= 0.3 is 0 Å². The van der Waals surface area contributed by atoms with Crippen LogP contribution in [0.15, 0.2) is 91.0 Å². The molecule has 3 aliphatic rings. The fourth-order valence-electron chi connectivity index (χ4n) is 7.50. The minimum Gasteiger partial charge on any atom is -0.493 e. The van der Waals surface area contributed by atoms with Crippen LogP contribution in [0.4, 0.5) is 5.69 Å². The van der Waals surface area contributed by atoms with E-state index < -0.39 is 23.4 Å². The molecule has 0 radical (unpaired) electrons. The van der Waals surface area contributed by atoms with Crippen LogP contribution in [0, 0.1) is 12.3 Å². The lowest BCUT2D eigenvalue weighted by atomic mass is 9.64. The number of aryl methyl sites for hydroxylation is 1. The normalized spacial score (nSPS) is 20.7. The molecule has 2 aliphatic heterocycles. The Balaban J connectivity index is 1.59. The average molecular weight is 586 g/mol. The van der Waals surface area contributed by atoms with E-state index >= 15 is 0 Å². The summed E-state index contributed by atoms with van der Waals surface area (Å²) in [5, 5.41) is 0. The Morgan fingerprint density at radius 3 is 1.98 bits per heavy atom. The molecule has 4 aromatic carbocycles. The summed E-state index contributed by atoms with van der Waals surface area (Å²) in [7, 11) is 4.56. The third-order valence-corrected chi connectivity index (χ3v) is 9.34. The minimum absolute atomic E-state index is 0.189. The third kappa shape index (κ3) is 3.65. The molecule has 0 aromatic heterocycles. The highest BCUT2D eigenvalue weighted by atomic mass is 16.5.